The van der Waals surface area contributed by atoms with Crippen LogP contribution in [0, 0.1) is 17.2 Å². The lowest BCUT2D eigenvalue weighted by molar-refractivity contribution is 0.340. The van der Waals surface area contributed by atoms with Gasteiger partial charge in [-0.1, -0.05) is 19.9 Å². The molecule has 0 amide bonds. The maximum absolute atomic E-state index is 9.51. The number of nitrogens with zero attached hydrogens (tertiary/aromatic N) is 5. The lowest BCUT2D eigenvalue weighted by Crippen LogP contribution is -2.30. The fraction of sp³-hybridized carbons (Fsp3) is 0.450. The van der Waals surface area contributed by atoms with Crippen LogP contribution in [0.25, 0.3) is 5.52 Å². The summed E-state index contributed by atoms with van der Waals surface area (Å²) < 4.78 is 4.32. The standard InChI is InChI=1S/C20H24N6/c1-14(2)20-24-23-19-7-6-15(12-26(19)20)10-22-11-16-13-25-8-4-3-5-18(25)17(16)9-21/h3-5,8,13-15,22H,6-7,10-12H2,1-2H3/t15-/m0/s1. The highest BCUT2D eigenvalue weighted by Crippen LogP contribution is 2.23. The largest absolute Gasteiger partial charge is 0.322 e. The van der Waals surface area contributed by atoms with E-state index < -0.39 is 0 Å². The maximum Gasteiger partial charge on any atom is 0.135 e. The van der Waals surface area contributed by atoms with E-state index in [2.05, 4.69) is 46.2 Å². The molecule has 4 rings (SSSR count). The molecule has 0 saturated heterocycles. The molecule has 0 aromatic carbocycles. The SMILES string of the molecule is CC(C)c1nnc2n1C[C@H](CNCc1cn3ccccc3c1C#N)CC2. The zero-order chi connectivity index (χ0) is 18.1. The van der Waals surface area contributed by atoms with Gasteiger partial charge in [-0.15, -0.1) is 10.2 Å². The second kappa shape index (κ2) is 6.93. The Labute approximate surface area is 153 Å². The molecule has 134 valence electrons. The maximum atomic E-state index is 9.51. The molecule has 6 heteroatoms. The minimum absolute atomic E-state index is 0.398. The van der Waals surface area contributed by atoms with Gasteiger partial charge in [-0.25, -0.2) is 0 Å². The Morgan fingerprint density at radius 3 is 3.04 bits per heavy atom. The summed E-state index contributed by atoms with van der Waals surface area (Å²) in [6.07, 6.45) is 6.16. The van der Waals surface area contributed by atoms with E-state index in [0.717, 1.165) is 54.2 Å². The van der Waals surface area contributed by atoms with Crippen molar-refractivity contribution in [3.8, 4) is 6.07 Å². The predicted molar refractivity (Wildman–Crippen MR) is 99.7 cm³/mol. The topological polar surface area (TPSA) is 70.9 Å². The number of aryl methyl sites for hydroxylation is 1. The van der Waals surface area contributed by atoms with Crippen LogP contribution in [0.1, 0.15) is 49.0 Å². The first-order valence-corrected chi connectivity index (χ1v) is 9.28. The van der Waals surface area contributed by atoms with Crippen molar-refractivity contribution in [1.82, 2.24) is 24.5 Å². The fourth-order valence-electron chi connectivity index (χ4n) is 3.86. The molecule has 3 aromatic rings. The van der Waals surface area contributed by atoms with E-state index in [0.29, 0.717) is 18.4 Å². The second-order valence-electron chi connectivity index (χ2n) is 7.41. The summed E-state index contributed by atoms with van der Waals surface area (Å²) >= 11 is 0. The molecule has 1 aliphatic heterocycles. The summed E-state index contributed by atoms with van der Waals surface area (Å²) in [5.41, 5.74) is 2.80. The lowest BCUT2D eigenvalue weighted by atomic mass is 9.98. The van der Waals surface area contributed by atoms with E-state index in [-0.39, 0.29) is 0 Å². The summed E-state index contributed by atoms with van der Waals surface area (Å²) in [6.45, 7) is 6.96. The Kier molecular flexibility index (Phi) is 4.48. The van der Waals surface area contributed by atoms with Gasteiger partial charge in [0.05, 0.1) is 11.1 Å². The molecule has 0 unspecified atom stereocenters. The number of pyridine rings is 1. The summed E-state index contributed by atoms with van der Waals surface area (Å²) in [5, 5.41) is 21.8. The van der Waals surface area contributed by atoms with E-state index in [1.54, 1.807) is 0 Å². The van der Waals surface area contributed by atoms with Gasteiger partial charge in [0.1, 0.15) is 17.7 Å². The summed E-state index contributed by atoms with van der Waals surface area (Å²) in [7, 11) is 0. The molecule has 0 bridgehead atoms. The van der Waals surface area contributed by atoms with Crippen LogP contribution in [0.3, 0.4) is 0 Å². The van der Waals surface area contributed by atoms with Gasteiger partial charge in [0.2, 0.25) is 0 Å². The van der Waals surface area contributed by atoms with Gasteiger partial charge in [0.15, 0.2) is 0 Å². The zero-order valence-electron chi connectivity index (χ0n) is 15.3. The highest BCUT2D eigenvalue weighted by Gasteiger charge is 2.23. The molecular weight excluding hydrogens is 324 g/mol. The first-order valence-electron chi connectivity index (χ1n) is 9.28. The molecule has 6 nitrogen and oxygen atoms in total. The monoisotopic (exact) mass is 348 g/mol. The van der Waals surface area contributed by atoms with Crippen LogP contribution in [-0.4, -0.2) is 25.7 Å². The summed E-state index contributed by atoms with van der Waals surface area (Å²) in [4.78, 5) is 0. The van der Waals surface area contributed by atoms with Gasteiger partial charge < -0.3 is 14.3 Å². The second-order valence-corrected chi connectivity index (χ2v) is 7.41. The third-order valence-electron chi connectivity index (χ3n) is 5.21. The van der Waals surface area contributed by atoms with Crippen molar-refractivity contribution in [2.45, 2.75) is 45.7 Å². The molecule has 4 heterocycles. The van der Waals surface area contributed by atoms with E-state index >= 15 is 0 Å². The van der Waals surface area contributed by atoms with Gasteiger partial charge in [-0.2, -0.15) is 5.26 Å². The van der Waals surface area contributed by atoms with Crippen molar-refractivity contribution in [1.29, 1.82) is 5.26 Å². The average molecular weight is 348 g/mol. The Bertz CT molecular complexity index is 958. The van der Waals surface area contributed by atoms with Crippen LogP contribution >= 0.6 is 0 Å². The summed E-state index contributed by atoms with van der Waals surface area (Å²) in [6, 6.07) is 8.30. The number of hydrogen-bond acceptors (Lipinski definition) is 4. The number of rotatable bonds is 5. The van der Waals surface area contributed by atoms with E-state index in [1.165, 1.54) is 0 Å². The third kappa shape index (κ3) is 2.99. The summed E-state index contributed by atoms with van der Waals surface area (Å²) in [5.74, 6) is 3.18. The van der Waals surface area contributed by atoms with Gasteiger partial charge in [-0.3, -0.25) is 0 Å². The Morgan fingerprint density at radius 1 is 1.35 bits per heavy atom. The molecule has 0 aliphatic carbocycles. The number of fused-ring (bicyclic) bond motifs is 2. The number of nitrogens with one attached hydrogen (secondary N) is 1. The molecule has 0 saturated carbocycles. The molecule has 0 spiro atoms. The van der Waals surface area contributed by atoms with Crippen molar-refractivity contribution in [2.75, 3.05) is 6.54 Å². The van der Waals surface area contributed by atoms with E-state index in [1.807, 2.05) is 28.8 Å². The van der Waals surface area contributed by atoms with Crippen LogP contribution in [0.2, 0.25) is 0 Å². The van der Waals surface area contributed by atoms with Crippen LogP contribution in [0.5, 0.6) is 0 Å². The Morgan fingerprint density at radius 2 is 2.23 bits per heavy atom. The van der Waals surface area contributed by atoms with Gasteiger partial charge in [0.25, 0.3) is 0 Å². The van der Waals surface area contributed by atoms with Crippen molar-refractivity contribution >= 4 is 5.52 Å². The van der Waals surface area contributed by atoms with Crippen molar-refractivity contribution in [3.05, 3.63) is 53.4 Å². The minimum Gasteiger partial charge on any atom is -0.322 e. The molecule has 0 fully saturated rings. The van der Waals surface area contributed by atoms with Crippen molar-refractivity contribution in [3.63, 3.8) is 0 Å². The molecular formula is C20H24N6. The zero-order valence-corrected chi connectivity index (χ0v) is 15.3. The lowest BCUT2D eigenvalue weighted by Gasteiger charge is -2.25. The normalized spacial score (nSPS) is 16.8. The van der Waals surface area contributed by atoms with E-state index in [4.69, 9.17) is 0 Å². The van der Waals surface area contributed by atoms with Crippen LogP contribution in [0.15, 0.2) is 30.6 Å². The third-order valence-corrected chi connectivity index (χ3v) is 5.21. The Balaban J connectivity index is 1.41. The van der Waals surface area contributed by atoms with Crippen LogP contribution < -0.4 is 5.32 Å². The Hall–Kier alpha value is -2.65. The first kappa shape index (κ1) is 16.8. The molecule has 3 aromatic heterocycles. The predicted octanol–water partition coefficient (Wildman–Crippen LogP) is 2.88. The highest BCUT2D eigenvalue weighted by atomic mass is 15.3. The fourth-order valence-corrected chi connectivity index (χ4v) is 3.86. The highest BCUT2D eigenvalue weighted by molar-refractivity contribution is 5.65. The number of hydrogen-bond donors (Lipinski definition) is 1. The number of aromatic nitrogens is 4. The van der Waals surface area contributed by atoms with Crippen LogP contribution in [0.4, 0.5) is 0 Å². The molecule has 26 heavy (non-hydrogen) atoms. The molecule has 1 atom stereocenters. The van der Waals surface area contributed by atoms with Crippen molar-refractivity contribution in [2.24, 2.45) is 5.92 Å². The molecule has 1 aliphatic rings. The van der Waals surface area contributed by atoms with Crippen LogP contribution in [-0.2, 0) is 19.5 Å². The van der Waals surface area contributed by atoms with Gasteiger partial charge in [-0.05, 0) is 31.0 Å². The smallest absolute Gasteiger partial charge is 0.135 e. The van der Waals surface area contributed by atoms with Gasteiger partial charge >= 0.3 is 0 Å². The first-order chi connectivity index (χ1) is 12.7. The minimum atomic E-state index is 0.398. The molecule has 0 radical (unpaired) electrons. The molecule has 1 N–H and O–H groups in total. The van der Waals surface area contributed by atoms with E-state index in [9.17, 15) is 5.26 Å². The van der Waals surface area contributed by atoms with Crippen molar-refractivity contribution < 1.29 is 0 Å². The number of nitriles is 1. The average Bonchev–Trinajstić information content (AvgIpc) is 3.22. The quantitative estimate of drug-likeness (QED) is 0.770. The van der Waals surface area contributed by atoms with Gasteiger partial charge in [0, 0.05) is 43.4 Å².